The van der Waals surface area contributed by atoms with Crippen LogP contribution in [0.1, 0.15) is 11.1 Å². The number of aromatic nitrogens is 1. The molecule has 1 aromatic carbocycles. The van der Waals surface area contributed by atoms with Gasteiger partial charge in [0.05, 0.1) is 26.5 Å². The van der Waals surface area contributed by atoms with Crippen molar-refractivity contribution in [1.29, 1.82) is 0 Å². The number of hydrogen-bond acceptors (Lipinski definition) is 3. The van der Waals surface area contributed by atoms with E-state index in [-0.39, 0.29) is 0 Å². The zero-order valence-corrected chi connectivity index (χ0v) is 11.5. The lowest BCUT2D eigenvalue weighted by Gasteiger charge is -2.08. The summed E-state index contributed by atoms with van der Waals surface area (Å²) >= 11 is 6.03. The average Bonchev–Trinajstić information content (AvgIpc) is 2.28. The van der Waals surface area contributed by atoms with Crippen LogP contribution in [0.4, 0.5) is 5.69 Å². The Labute approximate surface area is 113 Å². The van der Waals surface area contributed by atoms with Crippen molar-refractivity contribution in [1.82, 2.24) is 4.98 Å². The van der Waals surface area contributed by atoms with Gasteiger partial charge in [0.25, 0.3) is 0 Å². The molecule has 94 valence electrons. The van der Waals surface area contributed by atoms with Gasteiger partial charge in [-0.2, -0.15) is 0 Å². The third-order valence-corrected chi connectivity index (χ3v) is 4.39. The van der Waals surface area contributed by atoms with Gasteiger partial charge in [-0.05, 0) is 30.2 Å². The number of halogens is 1. The van der Waals surface area contributed by atoms with E-state index in [2.05, 4.69) is 4.98 Å². The minimum Gasteiger partial charge on any atom is -0.398 e. The Morgan fingerprint density at radius 3 is 2.83 bits per heavy atom. The standard InChI is InChI=1S/C13H13ClN2OS/c1-9-5-10(7-16-6-9)8-18(17)13-11(14)3-2-4-12(13)15/h2-7H,8,15H2,1H3. The molecular formula is C13H13ClN2OS. The van der Waals surface area contributed by atoms with E-state index in [9.17, 15) is 4.21 Å². The Bertz CT molecular complexity index is 581. The normalized spacial score (nSPS) is 12.3. The average molecular weight is 281 g/mol. The van der Waals surface area contributed by atoms with E-state index in [1.54, 1.807) is 30.6 Å². The largest absolute Gasteiger partial charge is 0.398 e. The fourth-order valence-corrected chi connectivity index (χ4v) is 3.35. The van der Waals surface area contributed by atoms with Gasteiger partial charge in [-0.25, -0.2) is 0 Å². The lowest BCUT2D eigenvalue weighted by Crippen LogP contribution is -2.02. The van der Waals surface area contributed by atoms with E-state index in [0.717, 1.165) is 11.1 Å². The van der Waals surface area contributed by atoms with Crippen molar-refractivity contribution in [2.75, 3.05) is 5.73 Å². The van der Waals surface area contributed by atoms with Crippen molar-refractivity contribution < 1.29 is 4.21 Å². The molecule has 18 heavy (non-hydrogen) atoms. The molecule has 0 amide bonds. The fraction of sp³-hybridized carbons (Fsp3) is 0.154. The van der Waals surface area contributed by atoms with Crippen LogP contribution in [0.15, 0.2) is 41.6 Å². The third-order valence-electron chi connectivity index (χ3n) is 2.45. The van der Waals surface area contributed by atoms with Crippen molar-refractivity contribution in [3.05, 3.63) is 52.8 Å². The van der Waals surface area contributed by atoms with E-state index in [0.29, 0.717) is 21.4 Å². The maximum atomic E-state index is 12.3. The lowest BCUT2D eigenvalue weighted by atomic mass is 10.2. The number of benzene rings is 1. The van der Waals surface area contributed by atoms with Crippen LogP contribution >= 0.6 is 11.6 Å². The number of pyridine rings is 1. The van der Waals surface area contributed by atoms with Gasteiger partial charge in [0.1, 0.15) is 0 Å². The first kappa shape index (κ1) is 13.1. The summed E-state index contributed by atoms with van der Waals surface area (Å²) < 4.78 is 12.3. The monoisotopic (exact) mass is 280 g/mol. The molecule has 3 nitrogen and oxygen atoms in total. The van der Waals surface area contributed by atoms with Crippen LogP contribution in [-0.2, 0) is 16.6 Å². The maximum Gasteiger partial charge on any atom is 0.0806 e. The van der Waals surface area contributed by atoms with Crippen LogP contribution in [0.5, 0.6) is 0 Å². The Morgan fingerprint density at radius 2 is 2.17 bits per heavy atom. The highest BCUT2D eigenvalue weighted by Gasteiger charge is 2.13. The molecule has 2 rings (SSSR count). The summed E-state index contributed by atoms with van der Waals surface area (Å²) in [5.41, 5.74) is 8.22. The van der Waals surface area contributed by atoms with Gasteiger partial charge in [-0.3, -0.25) is 9.19 Å². The van der Waals surface area contributed by atoms with Crippen LogP contribution in [0.2, 0.25) is 5.02 Å². The highest BCUT2D eigenvalue weighted by molar-refractivity contribution is 7.84. The van der Waals surface area contributed by atoms with Gasteiger partial charge in [-0.1, -0.05) is 23.7 Å². The first-order valence-corrected chi connectivity index (χ1v) is 7.10. The number of nitrogen functional groups attached to an aromatic ring is 1. The summed E-state index contributed by atoms with van der Waals surface area (Å²) in [5, 5.41) is 0.439. The van der Waals surface area contributed by atoms with E-state index < -0.39 is 10.8 Å². The highest BCUT2D eigenvalue weighted by atomic mass is 35.5. The summed E-state index contributed by atoms with van der Waals surface area (Å²) in [5.74, 6) is 0.364. The van der Waals surface area contributed by atoms with Crippen molar-refractivity contribution in [2.45, 2.75) is 17.6 Å². The third kappa shape index (κ3) is 2.89. The van der Waals surface area contributed by atoms with Crippen LogP contribution in [0.3, 0.4) is 0 Å². The molecule has 0 spiro atoms. The smallest absolute Gasteiger partial charge is 0.0806 e. The summed E-state index contributed by atoms with van der Waals surface area (Å²) in [6, 6.07) is 7.10. The zero-order chi connectivity index (χ0) is 13.1. The minimum absolute atomic E-state index is 0.364. The molecule has 1 heterocycles. The van der Waals surface area contributed by atoms with E-state index in [1.807, 2.05) is 13.0 Å². The van der Waals surface area contributed by atoms with E-state index >= 15 is 0 Å². The number of nitrogens with two attached hydrogens (primary N) is 1. The number of nitrogens with zero attached hydrogens (tertiary/aromatic N) is 1. The Kier molecular flexibility index (Phi) is 3.99. The van der Waals surface area contributed by atoms with Gasteiger partial charge in [-0.15, -0.1) is 0 Å². The van der Waals surface area contributed by atoms with E-state index in [1.165, 1.54) is 0 Å². The molecule has 1 unspecified atom stereocenters. The Hall–Kier alpha value is -1.39. The van der Waals surface area contributed by atoms with Gasteiger partial charge < -0.3 is 5.73 Å². The topological polar surface area (TPSA) is 56.0 Å². The van der Waals surface area contributed by atoms with Crippen molar-refractivity contribution in [3.63, 3.8) is 0 Å². The number of aryl methyl sites for hydroxylation is 1. The molecule has 2 N–H and O–H groups in total. The van der Waals surface area contributed by atoms with Crippen molar-refractivity contribution in [2.24, 2.45) is 0 Å². The maximum absolute atomic E-state index is 12.3. The number of hydrogen-bond donors (Lipinski definition) is 1. The van der Waals surface area contributed by atoms with Gasteiger partial charge in [0, 0.05) is 18.1 Å². The van der Waals surface area contributed by atoms with Crippen molar-refractivity contribution in [3.8, 4) is 0 Å². The van der Waals surface area contributed by atoms with Gasteiger partial charge in [0.2, 0.25) is 0 Å². The Balaban J connectivity index is 2.28. The molecule has 1 atom stereocenters. The molecule has 0 radical (unpaired) electrons. The number of rotatable bonds is 3. The predicted octanol–water partition coefficient (Wildman–Crippen LogP) is 2.93. The molecular weight excluding hydrogens is 268 g/mol. The van der Waals surface area contributed by atoms with Crippen LogP contribution in [0.25, 0.3) is 0 Å². The summed E-state index contributed by atoms with van der Waals surface area (Å²) in [6.45, 7) is 1.95. The molecule has 2 aromatic rings. The van der Waals surface area contributed by atoms with Gasteiger partial charge >= 0.3 is 0 Å². The SMILES string of the molecule is Cc1cncc(CS(=O)c2c(N)cccc2Cl)c1. The second-order valence-corrected chi connectivity index (χ2v) is 5.81. The molecule has 1 aromatic heterocycles. The molecule has 0 aliphatic carbocycles. The molecule has 5 heteroatoms. The highest BCUT2D eigenvalue weighted by Crippen LogP contribution is 2.27. The second kappa shape index (κ2) is 5.50. The summed E-state index contributed by atoms with van der Waals surface area (Å²) in [6.07, 6.45) is 3.47. The molecule has 0 aliphatic rings. The summed E-state index contributed by atoms with van der Waals surface area (Å²) in [7, 11) is -1.26. The summed E-state index contributed by atoms with van der Waals surface area (Å²) in [4.78, 5) is 4.58. The first-order valence-electron chi connectivity index (χ1n) is 5.41. The molecule has 0 saturated carbocycles. The number of anilines is 1. The van der Waals surface area contributed by atoms with Gasteiger partial charge in [0.15, 0.2) is 0 Å². The fourth-order valence-electron chi connectivity index (χ4n) is 1.69. The second-order valence-electron chi connectivity index (χ2n) is 4.02. The molecule has 0 bridgehead atoms. The lowest BCUT2D eigenvalue weighted by molar-refractivity contribution is 0.683. The molecule has 0 fully saturated rings. The van der Waals surface area contributed by atoms with E-state index in [4.69, 9.17) is 17.3 Å². The quantitative estimate of drug-likeness (QED) is 0.880. The van der Waals surface area contributed by atoms with Crippen LogP contribution in [-0.4, -0.2) is 9.19 Å². The molecule has 0 saturated heterocycles. The molecule has 0 aliphatic heterocycles. The first-order chi connectivity index (χ1) is 8.58. The predicted molar refractivity (Wildman–Crippen MR) is 75.0 cm³/mol. The zero-order valence-electron chi connectivity index (χ0n) is 9.89. The van der Waals surface area contributed by atoms with Crippen LogP contribution < -0.4 is 5.73 Å². The van der Waals surface area contributed by atoms with Crippen molar-refractivity contribution >= 4 is 28.1 Å². The Morgan fingerprint density at radius 1 is 1.39 bits per heavy atom. The van der Waals surface area contributed by atoms with Crippen LogP contribution in [0, 0.1) is 6.92 Å². The minimum atomic E-state index is -1.26.